The molecule has 2 N–H and O–H groups in total. The van der Waals surface area contributed by atoms with Crippen molar-refractivity contribution < 1.29 is 23.7 Å². The van der Waals surface area contributed by atoms with E-state index in [1.54, 1.807) is 32.4 Å². The lowest BCUT2D eigenvalue weighted by Gasteiger charge is -2.29. The highest BCUT2D eigenvalue weighted by Gasteiger charge is 2.26. The number of benzene rings is 2. The summed E-state index contributed by atoms with van der Waals surface area (Å²) in [5.41, 5.74) is 1.38. The maximum atomic E-state index is 13.1. The first-order chi connectivity index (χ1) is 15.9. The van der Waals surface area contributed by atoms with Gasteiger partial charge >= 0.3 is 0 Å². The molecule has 0 bridgehead atoms. The number of amides is 1. The molecule has 176 valence electrons. The lowest BCUT2D eigenvalue weighted by Crippen LogP contribution is -2.30. The van der Waals surface area contributed by atoms with Crippen molar-refractivity contribution in [2.75, 3.05) is 39.2 Å². The summed E-state index contributed by atoms with van der Waals surface area (Å²) in [4.78, 5) is 13.1. The number of hydrogen-bond donors (Lipinski definition) is 2. The predicted molar refractivity (Wildman–Crippen MR) is 129 cm³/mol. The molecule has 0 radical (unpaired) electrons. The van der Waals surface area contributed by atoms with E-state index in [-0.39, 0.29) is 5.91 Å². The normalized spacial score (nSPS) is 17.0. The van der Waals surface area contributed by atoms with Crippen LogP contribution in [0.4, 0.5) is 5.69 Å². The first kappa shape index (κ1) is 23.0. The number of fused-ring (bicyclic) bond motifs is 1. The van der Waals surface area contributed by atoms with Gasteiger partial charge < -0.3 is 29.6 Å². The number of hydrogen-bond acceptors (Lipinski definition) is 6. The van der Waals surface area contributed by atoms with Crippen LogP contribution in [0.1, 0.15) is 42.6 Å². The molecule has 2 aromatic rings. The molecule has 0 aromatic heterocycles. The molecule has 1 saturated heterocycles. The first-order valence-electron chi connectivity index (χ1n) is 11.3. The Balaban J connectivity index is 1.49. The molecule has 1 amide bonds. The van der Waals surface area contributed by atoms with Crippen molar-refractivity contribution >= 4 is 17.7 Å². The van der Waals surface area contributed by atoms with Crippen LogP contribution in [0.15, 0.2) is 36.4 Å². The number of nitrogens with one attached hydrogen (secondary N) is 2. The minimum Gasteiger partial charge on any atom is -0.495 e. The van der Waals surface area contributed by atoms with Gasteiger partial charge in [0.25, 0.3) is 5.91 Å². The number of methoxy groups -OCH3 is 2. The molecule has 0 aliphatic carbocycles. The third-order valence-electron chi connectivity index (χ3n) is 5.98. The van der Waals surface area contributed by atoms with Gasteiger partial charge in [-0.15, -0.1) is 0 Å². The van der Waals surface area contributed by atoms with Gasteiger partial charge in [-0.25, -0.2) is 0 Å². The van der Waals surface area contributed by atoms with E-state index in [1.807, 2.05) is 38.1 Å². The molecule has 2 aliphatic heterocycles. The standard InChI is InChI=1S/C26H32N2O5/c1-26(2)12-9-19-21(33-26)8-6-20(24(19)31-4)25(29)28-18-5-7-22(23(15-18)30-3)32-16-17-10-13-27-14-11-17/h5-9,12,15,17,27H,10-11,13-14,16H2,1-4H3,(H,28,29). The van der Waals surface area contributed by atoms with Crippen molar-refractivity contribution in [2.45, 2.75) is 32.3 Å². The van der Waals surface area contributed by atoms with Gasteiger partial charge in [0.15, 0.2) is 11.5 Å². The number of rotatable bonds is 7. The quantitative estimate of drug-likeness (QED) is 0.643. The van der Waals surface area contributed by atoms with Crippen LogP contribution in [0.2, 0.25) is 0 Å². The first-order valence-corrected chi connectivity index (χ1v) is 11.3. The minimum absolute atomic E-state index is 0.279. The molecule has 0 atom stereocenters. The van der Waals surface area contributed by atoms with E-state index in [4.69, 9.17) is 18.9 Å². The molecule has 2 aromatic carbocycles. The van der Waals surface area contributed by atoms with Gasteiger partial charge in [-0.3, -0.25) is 4.79 Å². The molecule has 33 heavy (non-hydrogen) atoms. The second kappa shape index (κ2) is 9.75. The van der Waals surface area contributed by atoms with Crippen molar-refractivity contribution in [3.8, 4) is 23.0 Å². The third-order valence-corrected chi connectivity index (χ3v) is 5.98. The lowest BCUT2D eigenvalue weighted by molar-refractivity contribution is 0.102. The summed E-state index contributed by atoms with van der Waals surface area (Å²) < 4.78 is 23.1. The maximum Gasteiger partial charge on any atom is 0.259 e. The van der Waals surface area contributed by atoms with Crippen LogP contribution in [-0.2, 0) is 0 Å². The van der Waals surface area contributed by atoms with Crippen molar-refractivity contribution in [2.24, 2.45) is 5.92 Å². The molecule has 1 fully saturated rings. The Labute approximate surface area is 195 Å². The van der Waals surface area contributed by atoms with Crippen molar-refractivity contribution in [3.63, 3.8) is 0 Å². The van der Waals surface area contributed by atoms with E-state index in [9.17, 15) is 4.79 Å². The summed E-state index contributed by atoms with van der Waals surface area (Å²) in [6.07, 6.45) is 6.10. The summed E-state index contributed by atoms with van der Waals surface area (Å²) >= 11 is 0. The third kappa shape index (κ3) is 5.25. The van der Waals surface area contributed by atoms with E-state index >= 15 is 0 Å². The molecule has 2 aliphatic rings. The number of piperidine rings is 1. The van der Waals surface area contributed by atoms with Crippen LogP contribution < -0.4 is 29.6 Å². The topological polar surface area (TPSA) is 78.1 Å². The zero-order valence-electron chi connectivity index (χ0n) is 19.7. The van der Waals surface area contributed by atoms with E-state index in [1.165, 1.54) is 0 Å². The van der Waals surface area contributed by atoms with Crippen LogP contribution in [0, 0.1) is 5.92 Å². The monoisotopic (exact) mass is 452 g/mol. The van der Waals surface area contributed by atoms with Crippen LogP contribution in [0.5, 0.6) is 23.0 Å². The summed E-state index contributed by atoms with van der Waals surface area (Å²) in [7, 11) is 3.15. The van der Waals surface area contributed by atoms with Gasteiger partial charge in [-0.2, -0.15) is 0 Å². The average Bonchev–Trinajstić information content (AvgIpc) is 2.82. The van der Waals surface area contributed by atoms with Crippen LogP contribution in [-0.4, -0.2) is 45.4 Å². The van der Waals surface area contributed by atoms with E-state index in [0.29, 0.717) is 46.8 Å². The van der Waals surface area contributed by atoms with Crippen LogP contribution >= 0.6 is 0 Å². The zero-order valence-corrected chi connectivity index (χ0v) is 19.7. The maximum absolute atomic E-state index is 13.1. The molecule has 7 heteroatoms. The minimum atomic E-state index is -0.407. The van der Waals surface area contributed by atoms with Crippen molar-refractivity contribution in [1.29, 1.82) is 0 Å². The van der Waals surface area contributed by atoms with E-state index in [0.717, 1.165) is 31.5 Å². The highest BCUT2D eigenvalue weighted by molar-refractivity contribution is 6.07. The predicted octanol–water partition coefficient (Wildman–Crippen LogP) is 4.52. The molecule has 0 spiro atoms. The van der Waals surface area contributed by atoms with Gasteiger partial charge in [0.1, 0.15) is 17.1 Å². The average molecular weight is 453 g/mol. The lowest BCUT2D eigenvalue weighted by atomic mass is 9.99. The fraction of sp³-hybridized carbons (Fsp3) is 0.423. The summed E-state index contributed by atoms with van der Waals surface area (Å²) in [5.74, 6) is 2.68. The summed E-state index contributed by atoms with van der Waals surface area (Å²) in [6, 6.07) is 8.94. The van der Waals surface area contributed by atoms with Crippen molar-refractivity contribution in [3.05, 3.63) is 47.5 Å². The Morgan fingerprint density at radius 3 is 2.64 bits per heavy atom. The molecule has 0 unspecified atom stereocenters. The van der Waals surface area contributed by atoms with Gasteiger partial charge in [0, 0.05) is 11.8 Å². The Hall–Kier alpha value is -3.19. The summed E-state index contributed by atoms with van der Waals surface area (Å²) in [6.45, 7) is 6.67. The van der Waals surface area contributed by atoms with Crippen LogP contribution in [0.3, 0.4) is 0 Å². The molecule has 0 saturated carbocycles. The van der Waals surface area contributed by atoms with Gasteiger partial charge in [0.2, 0.25) is 0 Å². The fourth-order valence-corrected chi connectivity index (χ4v) is 4.15. The number of ether oxygens (including phenoxy) is 4. The van der Waals surface area contributed by atoms with Crippen molar-refractivity contribution in [1.82, 2.24) is 5.32 Å². The Morgan fingerprint density at radius 1 is 1.12 bits per heavy atom. The Morgan fingerprint density at radius 2 is 1.91 bits per heavy atom. The van der Waals surface area contributed by atoms with E-state index < -0.39 is 5.60 Å². The SMILES string of the molecule is COc1cc(NC(=O)c2ccc3c(c2OC)C=CC(C)(C)O3)ccc1OCC1CCNCC1. The van der Waals surface area contributed by atoms with Crippen LogP contribution in [0.25, 0.3) is 6.08 Å². The molecular formula is C26H32N2O5. The highest BCUT2D eigenvalue weighted by atomic mass is 16.5. The Kier molecular flexibility index (Phi) is 6.79. The Bertz CT molecular complexity index is 1040. The smallest absolute Gasteiger partial charge is 0.259 e. The zero-order chi connectivity index (χ0) is 23.4. The van der Waals surface area contributed by atoms with Gasteiger partial charge in [-0.1, -0.05) is 0 Å². The molecule has 7 nitrogen and oxygen atoms in total. The molecule has 4 rings (SSSR count). The second-order valence-electron chi connectivity index (χ2n) is 8.92. The number of carbonyl (C=O) groups excluding carboxylic acids is 1. The van der Waals surface area contributed by atoms with Gasteiger partial charge in [0.05, 0.1) is 32.0 Å². The number of carbonyl (C=O) groups is 1. The second-order valence-corrected chi connectivity index (χ2v) is 8.92. The summed E-state index contributed by atoms with van der Waals surface area (Å²) in [5, 5.41) is 6.30. The largest absolute Gasteiger partial charge is 0.495 e. The molecular weight excluding hydrogens is 420 g/mol. The fourth-order valence-electron chi connectivity index (χ4n) is 4.15. The van der Waals surface area contributed by atoms with Gasteiger partial charge in [-0.05, 0) is 82.1 Å². The van der Waals surface area contributed by atoms with E-state index in [2.05, 4.69) is 10.6 Å². The highest BCUT2D eigenvalue weighted by Crippen LogP contribution is 2.39. The number of anilines is 1. The molecule has 2 heterocycles.